The van der Waals surface area contributed by atoms with E-state index >= 15 is 0 Å². The van der Waals surface area contributed by atoms with Gasteiger partial charge in [0, 0.05) is 23.7 Å². The summed E-state index contributed by atoms with van der Waals surface area (Å²) in [6, 6.07) is 3.70. The Bertz CT molecular complexity index is 413. The molecule has 1 aromatic carbocycles. The smallest absolute Gasteiger partial charge is 0.224 e. The van der Waals surface area contributed by atoms with Crippen molar-refractivity contribution in [2.75, 3.05) is 5.32 Å². The summed E-state index contributed by atoms with van der Waals surface area (Å²) in [7, 11) is 0. The van der Waals surface area contributed by atoms with E-state index in [1.807, 2.05) is 13.8 Å². The van der Waals surface area contributed by atoms with Crippen LogP contribution >= 0.6 is 0 Å². The lowest BCUT2D eigenvalue weighted by molar-refractivity contribution is -0.116. The van der Waals surface area contributed by atoms with Crippen LogP contribution in [0, 0.1) is 5.82 Å². The molecular weight excluding hydrogens is 223 g/mol. The Morgan fingerprint density at radius 2 is 2.18 bits per heavy atom. The summed E-state index contributed by atoms with van der Waals surface area (Å²) in [5.41, 5.74) is 5.66. The van der Waals surface area contributed by atoms with Gasteiger partial charge in [0.1, 0.15) is 0 Å². The van der Waals surface area contributed by atoms with Crippen LogP contribution in [-0.4, -0.2) is 16.6 Å². The lowest BCUT2D eigenvalue weighted by Gasteiger charge is -2.17. The Morgan fingerprint density at radius 3 is 2.71 bits per heavy atom. The van der Waals surface area contributed by atoms with Crippen LogP contribution in [0.4, 0.5) is 10.1 Å². The van der Waals surface area contributed by atoms with E-state index in [-0.39, 0.29) is 12.3 Å². The largest absolute Gasteiger partial charge is 0.505 e. The van der Waals surface area contributed by atoms with Crippen molar-refractivity contribution < 1.29 is 14.3 Å². The van der Waals surface area contributed by atoms with Gasteiger partial charge in [0.05, 0.1) is 0 Å². The van der Waals surface area contributed by atoms with Gasteiger partial charge in [-0.05, 0) is 32.4 Å². The van der Waals surface area contributed by atoms with Gasteiger partial charge in [-0.3, -0.25) is 4.79 Å². The summed E-state index contributed by atoms with van der Waals surface area (Å²) in [4.78, 5) is 11.5. The van der Waals surface area contributed by atoms with E-state index in [9.17, 15) is 9.18 Å². The highest BCUT2D eigenvalue weighted by Crippen LogP contribution is 2.19. The van der Waals surface area contributed by atoms with E-state index in [4.69, 9.17) is 10.8 Å². The van der Waals surface area contributed by atoms with Gasteiger partial charge in [0.15, 0.2) is 11.6 Å². The van der Waals surface area contributed by atoms with Gasteiger partial charge >= 0.3 is 0 Å². The second kappa shape index (κ2) is 5.14. The quantitative estimate of drug-likeness (QED) is 0.704. The number of nitrogens with one attached hydrogen (secondary N) is 1. The summed E-state index contributed by atoms with van der Waals surface area (Å²) < 4.78 is 13.0. The van der Waals surface area contributed by atoms with Gasteiger partial charge in [0.2, 0.25) is 5.91 Å². The molecule has 1 rings (SSSR count). The number of hydrogen-bond acceptors (Lipinski definition) is 3. The number of rotatable bonds is 4. The molecule has 1 aromatic rings. The standard InChI is InChI=1S/C12H17FN2O2/c1-12(2,14)6-5-11(17)15-8-3-4-10(16)9(13)7-8/h3-4,7,16H,5-6,14H2,1-2H3,(H,15,17). The first-order valence-corrected chi connectivity index (χ1v) is 5.35. The molecule has 0 heterocycles. The minimum absolute atomic E-state index is 0.228. The van der Waals surface area contributed by atoms with Crippen LogP contribution in [0.1, 0.15) is 26.7 Å². The van der Waals surface area contributed by atoms with E-state index in [0.717, 1.165) is 6.07 Å². The topological polar surface area (TPSA) is 75.4 Å². The number of anilines is 1. The number of halogens is 1. The second-order valence-corrected chi connectivity index (χ2v) is 4.70. The molecule has 0 atom stereocenters. The van der Waals surface area contributed by atoms with Crippen molar-refractivity contribution in [2.45, 2.75) is 32.2 Å². The van der Waals surface area contributed by atoms with Crippen LogP contribution in [0.15, 0.2) is 18.2 Å². The maximum absolute atomic E-state index is 13.0. The Balaban J connectivity index is 2.54. The van der Waals surface area contributed by atoms with Crippen LogP contribution in [0.25, 0.3) is 0 Å². The van der Waals surface area contributed by atoms with E-state index in [0.29, 0.717) is 12.1 Å². The molecule has 0 aliphatic carbocycles. The summed E-state index contributed by atoms with van der Waals surface area (Å²) in [6.07, 6.45) is 0.811. The second-order valence-electron chi connectivity index (χ2n) is 4.70. The van der Waals surface area contributed by atoms with E-state index in [1.54, 1.807) is 0 Å². The minimum Gasteiger partial charge on any atom is -0.505 e. The van der Waals surface area contributed by atoms with Crippen molar-refractivity contribution >= 4 is 11.6 Å². The van der Waals surface area contributed by atoms with E-state index in [1.165, 1.54) is 12.1 Å². The lowest BCUT2D eigenvalue weighted by Crippen LogP contribution is -2.33. The van der Waals surface area contributed by atoms with Crippen molar-refractivity contribution in [3.8, 4) is 5.75 Å². The zero-order chi connectivity index (χ0) is 13.1. The Labute approximate surface area is 99.6 Å². The lowest BCUT2D eigenvalue weighted by atomic mass is 10.00. The number of benzene rings is 1. The monoisotopic (exact) mass is 240 g/mol. The van der Waals surface area contributed by atoms with Gasteiger partial charge in [-0.25, -0.2) is 4.39 Å². The average Bonchev–Trinajstić information content (AvgIpc) is 2.20. The van der Waals surface area contributed by atoms with E-state index < -0.39 is 17.1 Å². The maximum atomic E-state index is 13.0. The van der Waals surface area contributed by atoms with Crippen LogP contribution in [0.2, 0.25) is 0 Å². The van der Waals surface area contributed by atoms with Crippen LogP contribution < -0.4 is 11.1 Å². The third-order valence-corrected chi connectivity index (χ3v) is 2.23. The van der Waals surface area contributed by atoms with Crippen molar-refractivity contribution in [1.29, 1.82) is 0 Å². The number of phenols is 1. The molecule has 0 aliphatic heterocycles. The zero-order valence-electron chi connectivity index (χ0n) is 9.96. The van der Waals surface area contributed by atoms with Gasteiger partial charge in [-0.2, -0.15) is 0 Å². The number of amides is 1. The molecule has 0 bridgehead atoms. The molecule has 0 fully saturated rings. The average molecular weight is 240 g/mol. The van der Waals surface area contributed by atoms with Crippen LogP contribution in [0.3, 0.4) is 0 Å². The first kappa shape index (κ1) is 13.4. The molecule has 94 valence electrons. The first-order chi connectivity index (χ1) is 7.78. The number of aromatic hydroxyl groups is 1. The number of carbonyl (C=O) groups excluding carboxylic acids is 1. The van der Waals surface area contributed by atoms with Gasteiger partial charge < -0.3 is 16.2 Å². The van der Waals surface area contributed by atoms with Crippen molar-refractivity contribution in [2.24, 2.45) is 5.73 Å². The van der Waals surface area contributed by atoms with Crippen molar-refractivity contribution in [3.63, 3.8) is 0 Å². The van der Waals surface area contributed by atoms with Gasteiger partial charge in [-0.15, -0.1) is 0 Å². The molecule has 0 aliphatic rings. The predicted octanol–water partition coefficient (Wildman–Crippen LogP) is 1.99. The molecule has 17 heavy (non-hydrogen) atoms. The van der Waals surface area contributed by atoms with Crippen molar-refractivity contribution in [3.05, 3.63) is 24.0 Å². The predicted molar refractivity (Wildman–Crippen MR) is 64.2 cm³/mol. The third kappa shape index (κ3) is 4.82. The summed E-state index contributed by atoms with van der Waals surface area (Å²) in [5.74, 6) is -1.43. The molecule has 0 saturated heterocycles. The third-order valence-electron chi connectivity index (χ3n) is 2.23. The summed E-state index contributed by atoms with van der Waals surface area (Å²) >= 11 is 0. The molecule has 0 saturated carbocycles. The summed E-state index contributed by atoms with van der Waals surface area (Å²) in [5, 5.41) is 11.5. The Hall–Kier alpha value is -1.62. The zero-order valence-corrected chi connectivity index (χ0v) is 9.96. The Morgan fingerprint density at radius 1 is 1.53 bits per heavy atom. The van der Waals surface area contributed by atoms with Crippen LogP contribution in [0.5, 0.6) is 5.75 Å². The summed E-state index contributed by atoms with van der Waals surface area (Å²) in [6.45, 7) is 3.67. The molecule has 5 heteroatoms. The normalized spacial score (nSPS) is 11.3. The fraction of sp³-hybridized carbons (Fsp3) is 0.417. The van der Waals surface area contributed by atoms with Crippen LogP contribution in [-0.2, 0) is 4.79 Å². The highest BCUT2D eigenvalue weighted by Gasteiger charge is 2.13. The highest BCUT2D eigenvalue weighted by atomic mass is 19.1. The number of carbonyl (C=O) groups is 1. The fourth-order valence-electron chi connectivity index (χ4n) is 1.24. The Kier molecular flexibility index (Phi) is 4.07. The van der Waals surface area contributed by atoms with Crippen molar-refractivity contribution in [1.82, 2.24) is 0 Å². The number of nitrogens with two attached hydrogens (primary N) is 1. The highest BCUT2D eigenvalue weighted by molar-refractivity contribution is 5.90. The molecule has 0 radical (unpaired) electrons. The number of hydrogen-bond donors (Lipinski definition) is 3. The van der Waals surface area contributed by atoms with E-state index in [2.05, 4.69) is 5.32 Å². The molecule has 0 unspecified atom stereocenters. The SMILES string of the molecule is CC(C)(N)CCC(=O)Nc1ccc(O)c(F)c1. The van der Waals surface area contributed by atoms with Gasteiger partial charge in [0.25, 0.3) is 0 Å². The number of phenolic OH excluding ortho intramolecular Hbond substituents is 1. The maximum Gasteiger partial charge on any atom is 0.224 e. The van der Waals surface area contributed by atoms with Gasteiger partial charge in [-0.1, -0.05) is 0 Å². The molecule has 1 amide bonds. The molecule has 4 N–H and O–H groups in total. The minimum atomic E-state index is -0.762. The first-order valence-electron chi connectivity index (χ1n) is 5.35. The molecule has 0 spiro atoms. The fourth-order valence-corrected chi connectivity index (χ4v) is 1.24. The molecular formula is C12H17FN2O2. The molecule has 0 aromatic heterocycles. The molecule has 4 nitrogen and oxygen atoms in total.